The molecular weight excluding hydrogens is 248 g/mol. The van der Waals surface area contributed by atoms with Crippen molar-refractivity contribution < 1.29 is 4.79 Å². The second-order valence-corrected chi connectivity index (χ2v) is 4.48. The Morgan fingerprint density at radius 1 is 1.20 bits per heavy atom. The van der Waals surface area contributed by atoms with Crippen molar-refractivity contribution in [3.05, 3.63) is 29.8 Å². The van der Waals surface area contributed by atoms with Gasteiger partial charge in [-0.2, -0.15) is 0 Å². The molecule has 0 spiro atoms. The van der Waals surface area contributed by atoms with Crippen LogP contribution in [-0.4, -0.2) is 37.0 Å². The van der Waals surface area contributed by atoms with E-state index in [9.17, 15) is 4.79 Å². The Balaban J connectivity index is 2.85. The minimum atomic E-state index is 0.00676. The highest BCUT2D eigenvalue weighted by Gasteiger charge is 2.18. The Hall–Kier alpha value is -2.23. The molecule has 3 heteroatoms. The Labute approximate surface area is 121 Å². The second-order valence-electron chi connectivity index (χ2n) is 4.48. The van der Waals surface area contributed by atoms with E-state index in [0.29, 0.717) is 19.6 Å². The highest BCUT2D eigenvalue weighted by Crippen LogP contribution is 2.19. The number of benzene rings is 1. The molecule has 0 saturated heterocycles. The third-order valence-corrected chi connectivity index (χ3v) is 3.01. The molecule has 1 aromatic rings. The maximum absolute atomic E-state index is 12.4. The van der Waals surface area contributed by atoms with Gasteiger partial charge in [0.05, 0.1) is 19.6 Å². The lowest BCUT2D eigenvalue weighted by Crippen LogP contribution is -2.41. The summed E-state index contributed by atoms with van der Waals surface area (Å²) >= 11 is 0. The highest BCUT2D eigenvalue weighted by atomic mass is 16.2. The van der Waals surface area contributed by atoms with Gasteiger partial charge in [-0.1, -0.05) is 30.0 Å². The molecule has 3 nitrogen and oxygen atoms in total. The van der Waals surface area contributed by atoms with Gasteiger partial charge in [0, 0.05) is 12.2 Å². The van der Waals surface area contributed by atoms with Crippen LogP contribution in [0.3, 0.4) is 0 Å². The SMILES string of the molecule is C#CCN(CC#C)CC(=O)N(CC)c1ccccc1C. The molecule has 20 heavy (non-hydrogen) atoms. The van der Waals surface area contributed by atoms with E-state index >= 15 is 0 Å². The van der Waals surface area contributed by atoms with Crippen molar-refractivity contribution in [2.45, 2.75) is 13.8 Å². The van der Waals surface area contributed by atoms with E-state index in [0.717, 1.165) is 11.3 Å². The summed E-state index contributed by atoms with van der Waals surface area (Å²) in [5.41, 5.74) is 2.00. The molecule has 0 aromatic heterocycles. The molecule has 0 unspecified atom stereocenters. The van der Waals surface area contributed by atoms with E-state index in [1.165, 1.54) is 0 Å². The summed E-state index contributed by atoms with van der Waals surface area (Å²) in [6.45, 7) is 5.55. The van der Waals surface area contributed by atoms with Crippen molar-refractivity contribution >= 4 is 11.6 Å². The van der Waals surface area contributed by atoms with Crippen molar-refractivity contribution in [3.8, 4) is 24.7 Å². The zero-order valence-electron chi connectivity index (χ0n) is 12.1. The molecule has 1 amide bonds. The minimum Gasteiger partial charge on any atom is -0.311 e. The molecular formula is C17H20N2O. The summed E-state index contributed by atoms with van der Waals surface area (Å²) < 4.78 is 0. The third-order valence-electron chi connectivity index (χ3n) is 3.01. The molecule has 104 valence electrons. The van der Waals surface area contributed by atoms with Crippen LogP contribution >= 0.6 is 0 Å². The minimum absolute atomic E-state index is 0.00676. The lowest BCUT2D eigenvalue weighted by molar-refractivity contribution is -0.119. The first-order valence-electron chi connectivity index (χ1n) is 6.59. The topological polar surface area (TPSA) is 23.6 Å². The van der Waals surface area contributed by atoms with Crippen LogP contribution in [0.2, 0.25) is 0 Å². The molecule has 0 aliphatic carbocycles. The van der Waals surface area contributed by atoms with Crippen LogP contribution in [0.15, 0.2) is 24.3 Å². The van der Waals surface area contributed by atoms with E-state index in [1.807, 2.05) is 38.1 Å². The van der Waals surface area contributed by atoms with E-state index in [4.69, 9.17) is 12.8 Å². The van der Waals surface area contributed by atoms with E-state index < -0.39 is 0 Å². The van der Waals surface area contributed by atoms with Crippen LogP contribution < -0.4 is 4.90 Å². The Kier molecular flexibility index (Phi) is 6.37. The van der Waals surface area contributed by atoms with Gasteiger partial charge in [0.15, 0.2) is 0 Å². The largest absolute Gasteiger partial charge is 0.311 e. The predicted octanol–water partition coefficient (Wildman–Crippen LogP) is 1.92. The zero-order valence-corrected chi connectivity index (χ0v) is 12.1. The lowest BCUT2D eigenvalue weighted by Gasteiger charge is -2.26. The number of terminal acetylenes is 2. The first-order valence-corrected chi connectivity index (χ1v) is 6.59. The molecule has 1 rings (SSSR count). The maximum atomic E-state index is 12.4. The summed E-state index contributed by atoms with van der Waals surface area (Å²) in [7, 11) is 0. The number of anilines is 1. The molecule has 0 atom stereocenters. The number of nitrogens with zero attached hydrogens (tertiary/aromatic N) is 2. The molecule has 0 radical (unpaired) electrons. The highest BCUT2D eigenvalue weighted by molar-refractivity contribution is 5.95. The first-order chi connectivity index (χ1) is 9.63. The van der Waals surface area contributed by atoms with Crippen molar-refractivity contribution in [1.29, 1.82) is 0 Å². The molecule has 0 saturated carbocycles. The standard InChI is InChI=1S/C17H20N2O/c1-5-12-18(13-6-2)14-17(20)19(7-3)16-11-9-8-10-15(16)4/h1-2,8-11H,7,12-14H2,3-4H3. The second kappa shape index (κ2) is 8.04. The van der Waals surface area contributed by atoms with Crippen molar-refractivity contribution in [2.75, 3.05) is 31.1 Å². The van der Waals surface area contributed by atoms with Crippen molar-refractivity contribution in [3.63, 3.8) is 0 Å². The van der Waals surface area contributed by atoms with Gasteiger partial charge < -0.3 is 4.90 Å². The van der Waals surface area contributed by atoms with Gasteiger partial charge in [0.25, 0.3) is 0 Å². The van der Waals surface area contributed by atoms with Crippen LogP contribution in [-0.2, 0) is 4.79 Å². The van der Waals surface area contributed by atoms with Crippen molar-refractivity contribution in [1.82, 2.24) is 4.90 Å². The number of amides is 1. The summed E-state index contributed by atoms with van der Waals surface area (Å²) in [5, 5.41) is 0. The number of carbonyl (C=O) groups is 1. The van der Waals surface area contributed by atoms with Crippen molar-refractivity contribution in [2.24, 2.45) is 0 Å². The quantitative estimate of drug-likeness (QED) is 0.736. The van der Waals surface area contributed by atoms with Crippen LogP contribution in [0, 0.1) is 31.6 Å². The maximum Gasteiger partial charge on any atom is 0.241 e. The molecule has 0 aliphatic rings. The van der Waals surface area contributed by atoms with Crippen LogP contribution in [0.25, 0.3) is 0 Å². The van der Waals surface area contributed by atoms with Gasteiger partial charge in [0.1, 0.15) is 0 Å². The number of carbonyl (C=O) groups excluding carboxylic acids is 1. The van der Waals surface area contributed by atoms with E-state index in [-0.39, 0.29) is 12.5 Å². The summed E-state index contributed by atoms with van der Waals surface area (Å²) in [5.74, 6) is 5.06. The number of hydrogen-bond donors (Lipinski definition) is 0. The molecule has 1 aromatic carbocycles. The van der Waals surface area contributed by atoms with Crippen LogP contribution in [0.1, 0.15) is 12.5 Å². The fraction of sp³-hybridized carbons (Fsp3) is 0.353. The normalized spacial score (nSPS) is 9.85. The summed E-state index contributed by atoms with van der Waals surface area (Å²) in [6.07, 6.45) is 10.6. The van der Waals surface area contributed by atoms with E-state index in [2.05, 4.69) is 11.8 Å². The van der Waals surface area contributed by atoms with Gasteiger partial charge >= 0.3 is 0 Å². The number of likely N-dealkylation sites (N-methyl/N-ethyl adjacent to an activating group) is 1. The van der Waals surface area contributed by atoms with E-state index in [1.54, 1.807) is 9.80 Å². The smallest absolute Gasteiger partial charge is 0.241 e. The fourth-order valence-electron chi connectivity index (χ4n) is 2.05. The zero-order chi connectivity index (χ0) is 15.0. The average molecular weight is 268 g/mol. The number of para-hydroxylation sites is 1. The van der Waals surface area contributed by atoms with Gasteiger partial charge in [0.2, 0.25) is 5.91 Å². The Morgan fingerprint density at radius 2 is 1.80 bits per heavy atom. The van der Waals surface area contributed by atoms with Gasteiger partial charge in [-0.3, -0.25) is 9.69 Å². The third kappa shape index (κ3) is 4.16. The average Bonchev–Trinajstić information content (AvgIpc) is 2.42. The molecule has 0 heterocycles. The fourth-order valence-corrected chi connectivity index (χ4v) is 2.05. The Morgan fingerprint density at radius 3 is 2.30 bits per heavy atom. The Bertz CT molecular complexity index is 521. The molecule has 0 N–H and O–H groups in total. The number of rotatable bonds is 6. The number of aryl methyl sites for hydroxylation is 1. The predicted molar refractivity (Wildman–Crippen MR) is 83.3 cm³/mol. The first kappa shape index (κ1) is 15.8. The molecule has 0 bridgehead atoms. The number of hydrogen-bond acceptors (Lipinski definition) is 2. The van der Waals surface area contributed by atoms with Gasteiger partial charge in [-0.05, 0) is 25.5 Å². The monoisotopic (exact) mass is 268 g/mol. The lowest BCUT2D eigenvalue weighted by atomic mass is 10.2. The molecule has 0 aliphatic heterocycles. The summed E-state index contributed by atoms with van der Waals surface area (Å²) in [4.78, 5) is 16.0. The van der Waals surface area contributed by atoms with Gasteiger partial charge in [-0.15, -0.1) is 12.8 Å². The molecule has 0 fully saturated rings. The summed E-state index contributed by atoms with van der Waals surface area (Å²) in [6, 6.07) is 7.83. The van der Waals surface area contributed by atoms with Gasteiger partial charge in [-0.25, -0.2) is 0 Å². The van der Waals surface area contributed by atoms with Crippen LogP contribution in [0.5, 0.6) is 0 Å². The van der Waals surface area contributed by atoms with Crippen LogP contribution in [0.4, 0.5) is 5.69 Å².